The van der Waals surface area contributed by atoms with Crippen molar-refractivity contribution >= 4 is 11.6 Å². The van der Waals surface area contributed by atoms with Crippen LogP contribution in [-0.2, 0) is 6.42 Å². The van der Waals surface area contributed by atoms with Crippen LogP contribution in [0.5, 0.6) is 0 Å². The molecule has 1 aromatic rings. The summed E-state index contributed by atoms with van der Waals surface area (Å²) in [5.41, 5.74) is 0. The standard InChI is InChI=1S/C13H22N4O/c1-4-11-15-12(14-3)7-13(16-11)17-6-5-10(8-17)9(2)18/h7,9-10,18H,4-6,8H2,1-3H3,(H,14,15,16). The van der Waals surface area contributed by atoms with Gasteiger partial charge < -0.3 is 15.3 Å². The molecule has 0 radical (unpaired) electrons. The third-order valence-corrected chi connectivity index (χ3v) is 3.56. The molecule has 5 nitrogen and oxygen atoms in total. The molecule has 1 saturated heterocycles. The van der Waals surface area contributed by atoms with E-state index in [4.69, 9.17) is 0 Å². The van der Waals surface area contributed by atoms with Crippen molar-refractivity contribution in [2.45, 2.75) is 32.8 Å². The molecule has 0 bridgehead atoms. The van der Waals surface area contributed by atoms with Gasteiger partial charge in [-0.2, -0.15) is 0 Å². The average molecular weight is 250 g/mol. The van der Waals surface area contributed by atoms with E-state index >= 15 is 0 Å². The molecule has 1 aliphatic heterocycles. The first-order valence-corrected chi connectivity index (χ1v) is 6.62. The lowest BCUT2D eigenvalue weighted by molar-refractivity contribution is 0.136. The molecule has 2 rings (SSSR count). The smallest absolute Gasteiger partial charge is 0.134 e. The minimum absolute atomic E-state index is 0.244. The Morgan fingerprint density at radius 1 is 1.56 bits per heavy atom. The van der Waals surface area contributed by atoms with Crippen molar-refractivity contribution in [1.82, 2.24) is 9.97 Å². The van der Waals surface area contributed by atoms with Crippen LogP contribution >= 0.6 is 0 Å². The molecule has 0 aliphatic carbocycles. The van der Waals surface area contributed by atoms with Crippen molar-refractivity contribution in [2.24, 2.45) is 5.92 Å². The van der Waals surface area contributed by atoms with Gasteiger partial charge in [-0.05, 0) is 13.3 Å². The number of nitrogens with zero attached hydrogens (tertiary/aromatic N) is 3. The van der Waals surface area contributed by atoms with Gasteiger partial charge in [-0.3, -0.25) is 0 Å². The second-order valence-corrected chi connectivity index (χ2v) is 4.87. The van der Waals surface area contributed by atoms with Gasteiger partial charge in [0.15, 0.2) is 0 Å². The van der Waals surface area contributed by atoms with E-state index in [-0.39, 0.29) is 6.10 Å². The van der Waals surface area contributed by atoms with E-state index in [1.807, 2.05) is 20.0 Å². The highest BCUT2D eigenvalue weighted by Gasteiger charge is 2.27. The van der Waals surface area contributed by atoms with E-state index in [9.17, 15) is 5.11 Å². The molecule has 1 fully saturated rings. The Balaban J connectivity index is 2.18. The second kappa shape index (κ2) is 5.52. The van der Waals surface area contributed by atoms with Crippen LogP contribution in [0.2, 0.25) is 0 Å². The fourth-order valence-corrected chi connectivity index (χ4v) is 2.32. The third-order valence-electron chi connectivity index (χ3n) is 3.56. The summed E-state index contributed by atoms with van der Waals surface area (Å²) in [6, 6.07) is 1.98. The van der Waals surface area contributed by atoms with Crippen LogP contribution in [-0.4, -0.2) is 41.3 Å². The van der Waals surface area contributed by atoms with Gasteiger partial charge in [0.25, 0.3) is 0 Å². The predicted octanol–water partition coefficient (Wildman–Crippen LogP) is 1.29. The predicted molar refractivity (Wildman–Crippen MR) is 73.0 cm³/mol. The van der Waals surface area contributed by atoms with Crippen LogP contribution in [0.4, 0.5) is 11.6 Å². The molecule has 5 heteroatoms. The quantitative estimate of drug-likeness (QED) is 0.843. The van der Waals surface area contributed by atoms with Crippen molar-refractivity contribution in [3.05, 3.63) is 11.9 Å². The highest BCUT2D eigenvalue weighted by molar-refractivity contribution is 5.49. The van der Waals surface area contributed by atoms with Crippen LogP contribution < -0.4 is 10.2 Å². The van der Waals surface area contributed by atoms with E-state index < -0.39 is 0 Å². The molecular weight excluding hydrogens is 228 g/mol. The fraction of sp³-hybridized carbons (Fsp3) is 0.692. The zero-order chi connectivity index (χ0) is 13.1. The SMILES string of the molecule is CCc1nc(NC)cc(N2CCC(C(C)O)C2)n1. The van der Waals surface area contributed by atoms with Gasteiger partial charge in [0.1, 0.15) is 17.5 Å². The summed E-state index contributed by atoms with van der Waals surface area (Å²) in [7, 11) is 1.87. The lowest BCUT2D eigenvalue weighted by Crippen LogP contribution is -2.25. The van der Waals surface area contributed by atoms with Gasteiger partial charge in [-0.25, -0.2) is 9.97 Å². The Morgan fingerprint density at radius 2 is 2.33 bits per heavy atom. The number of nitrogens with one attached hydrogen (secondary N) is 1. The molecule has 1 aromatic heterocycles. The molecule has 0 spiro atoms. The number of aromatic nitrogens is 2. The van der Waals surface area contributed by atoms with Gasteiger partial charge in [-0.15, -0.1) is 0 Å². The van der Waals surface area contributed by atoms with E-state index in [0.717, 1.165) is 43.4 Å². The second-order valence-electron chi connectivity index (χ2n) is 4.87. The highest BCUT2D eigenvalue weighted by atomic mass is 16.3. The van der Waals surface area contributed by atoms with E-state index in [1.165, 1.54) is 0 Å². The first kappa shape index (κ1) is 13.1. The molecule has 2 N–H and O–H groups in total. The van der Waals surface area contributed by atoms with Crippen molar-refractivity contribution in [3.8, 4) is 0 Å². The Kier molecular flexibility index (Phi) is 4.01. The number of anilines is 2. The normalized spacial score (nSPS) is 21.1. The minimum Gasteiger partial charge on any atom is -0.393 e. The van der Waals surface area contributed by atoms with Crippen molar-refractivity contribution in [1.29, 1.82) is 0 Å². The molecule has 100 valence electrons. The van der Waals surface area contributed by atoms with Gasteiger partial charge in [-0.1, -0.05) is 6.92 Å². The van der Waals surface area contributed by atoms with Crippen LogP contribution in [0.1, 0.15) is 26.1 Å². The largest absolute Gasteiger partial charge is 0.393 e. The average Bonchev–Trinajstić information content (AvgIpc) is 2.87. The molecular formula is C13H22N4O. The summed E-state index contributed by atoms with van der Waals surface area (Å²) in [4.78, 5) is 11.2. The van der Waals surface area contributed by atoms with E-state index in [2.05, 4.69) is 27.1 Å². The first-order valence-electron chi connectivity index (χ1n) is 6.62. The number of aliphatic hydroxyl groups is 1. The van der Waals surface area contributed by atoms with Crippen LogP contribution in [0.15, 0.2) is 6.07 Å². The summed E-state index contributed by atoms with van der Waals surface area (Å²) in [6.45, 7) is 5.76. The number of hydrogen-bond donors (Lipinski definition) is 2. The zero-order valence-electron chi connectivity index (χ0n) is 11.3. The summed E-state index contributed by atoms with van der Waals surface area (Å²) in [5.74, 6) is 3.03. The van der Waals surface area contributed by atoms with Crippen molar-refractivity contribution in [2.75, 3.05) is 30.4 Å². The molecule has 0 aromatic carbocycles. The molecule has 0 amide bonds. The summed E-state index contributed by atoms with van der Waals surface area (Å²) in [5, 5.41) is 12.7. The van der Waals surface area contributed by atoms with Gasteiger partial charge in [0, 0.05) is 38.5 Å². The summed E-state index contributed by atoms with van der Waals surface area (Å²) < 4.78 is 0. The first-order chi connectivity index (χ1) is 8.63. The highest BCUT2D eigenvalue weighted by Crippen LogP contribution is 2.25. The molecule has 2 heterocycles. The molecule has 2 atom stereocenters. The van der Waals surface area contributed by atoms with Crippen LogP contribution in [0.25, 0.3) is 0 Å². The molecule has 0 saturated carbocycles. The van der Waals surface area contributed by atoms with E-state index in [1.54, 1.807) is 0 Å². The lowest BCUT2D eigenvalue weighted by atomic mass is 10.0. The number of hydrogen-bond acceptors (Lipinski definition) is 5. The lowest BCUT2D eigenvalue weighted by Gasteiger charge is -2.19. The Hall–Kier alpha value is -1.36. The van der Waals surface area contributed by atoms with E-state index in [0.29, 0.717) is 5.92 Å². The zero-order valence-corrected chi connectivity index (χ0v) is 11.3. The van der Waals surface area contributed by atoms with Gasteiger partial charge >= 0.3 is 0 Å². The molecule has 18 heavy (non-hydrogen) atoms. The maximum atomic E-state index is 9.65. The Bertz CT molecular complexity index is 386. The Labute approximate surface area is 108 Å². The van der Waals surface area contributed by atoms with Crippen molar-refractivity contribution < 1.29 is 5.11 Å². The fourth-order valence-electron chi connectivity index (χ4n) is 2.32. The maximum Gasteiger partial charge on any atom is 0.134 e. The van der Waals surface area contributed by atoms with Crippen molar-refractivity contribution in [3.63, 3.8) is 0 Å². The number of aliphatic hydroxyl groups excluding tert-OH is 1. The van der Waals surface area contributed by atoms with Crippen LogP contribution in [0.3, 0.4) is 0 Å². The minimum atomic E-state index is -0.244. The number of rotatable bonds is 4. The topological polar surface area (TPSA) is 61.3 Å². The van der Waals surface area contributed by atoms with Gasteiger partial charge in [0.05, 0.1) is 6.10 Å². The third kappa shape index (κ3) is 2.72. The maximum absolute atomic E-state index is 9.65. The molecule has 2 unspecified atom stereocenters. The molecule has 1 aliphatic rings. The monoisotopic (exact) mass is 250 g/mol. The number of aryl methyl sites for hydroxylation is 1. The summed E-state index contributed by atoms with van der Waals surface area (Å²) in [6.07, 6.45) is 1.61. The van der Waals surface area contributed by atoms with Crippen LogP contribution in [0, 0.1) is 5.92 Å². The van der Waals surface area contributed by atoms with Gasteiger partial charge in [0.2, 0.25) is 0 Å². The summed E-state index contributed by atoms with van der Waals surface area (Å²) >= 11 is 0. The Morgan fingerprint density at radius 3 is 2.89 bits per heavy atom.